The van der Waals surface area contributed by atoms with Crippen LogP contribution in [0, 0.1) is 22.6 Å². The van der Waals surface area contributed by atoms with E-state index in [-0.39, 0.29) is 21.6 Å². The van der Waals surface area contributed by atoms with Gasteiger partial charge in [0.25, 0.3) is 10.0 Å². The normalized spacial score (nSPS) is 14.1. The van der Waals surface area contributed by atoms with E-state index in [1.54, 1.807) is 24.3 Å². The first-order chi connectivity index (χ1) is 16.5. The standard InChI is InChI=1S/C21H22FN4O6PS2/c1-14(11-23)25-6-7-31-17-4-5-20-16(8-17)9-21(34-20)35(29,30)26-13-33(27,28)32-18-3-2-15(12-24)19(22)10-18/h2-5,8-11,14,23,25-26H,6-7,13H2,1H3,(H,27,28)/p+1/t14-/m0/s1. The molecule has 14 heteroatoms. The van der Waals surface area contributed by atoms with Gasteiger partial charge >= 0.3 is 7.60 Å². The summed E-state index contributed by atoms with van der Waals surface area (Å²) in [5.41, 5.74) is -0.245. The third-order valence-corrected chi connectivity index (χ3v) is 8.88. The molecule has 5 N–H and O–H groups in total. The molecule has 186 valence electrons. The van der Waals surface area contributed by atoms with Crippen LogP contribution in [0.25, 0.3) is 10.1 Å². The molecular weight excluding hydrogens is 518 g/mol. The number of nitriles is 1. The number of benzene rings is 2. The Hall–Kier alpha value is -2.85. The minimum absolute atomic E-state index is 0.0458. The van der Waals surface area contributed by atoms with Gasteiger partial charge in [-0.3, -0.25) is 0 Å². The number of ether oxygens (including phenoxy) is 1. The maximum absolute atomic E-state index is 13.7. The summed E-state index contributed by atoms with van der Waals surface area (Å²) in [5.74, 6) is -0.609. The smallest absolute Gasteiger partial charge is 0.492 e. The van der Waals surface area contributed by atoms with Gasteiger partial charge in [0.05, 0.1) is 5.56 Å². The molecule has 0 aliphatic heterocycles. The van der Waals surface area contributed by atoms with Crippen molar-refractivity contribution in [3.05, 3.63) is 53.8 Å². The minimum atomic E-state index is -4.27. The Balaban J connectivity index is 1.64. The molecular formula is C21H23FN4O6PS2+. The first kappa shape index (κ1) is 26.7. The van der Waals surface area contributed by atoms with Gasteiger partial charge in [0.1, 0.15) is 34.2 Å². The zero-order valence-electron chi connectivity index (χ0n) is 18.4. The first-order valence-electron chi connectivity index (χ1n) is 10.2. The molecule has 2 aromatic carbocycles. The summed E-state index contributed by atoms with van der Waals surface area (Å²) in [5, 5.41) is 19.6. The van der Waals surface area contributed by atoms with Gasteiger partial charge in [-0.1, -0.05) is 0 Å². The van der Waals surface area contributed by atoms with Crippen LogP contribution < -0.4 is 19.3 Å². The van der Waals surface area contributed by atoms with Crippen molar-refractivity contribution >= 4 is 45.3 Å². The summed E-state index contributed by atoms with van der Waals surface area (Å²) >= 11 is 0.993. The summed E-state index contributed by atoms with van der Waals surface area (Å²) in [6.07, 6.45) is 0.451. The van der Waals surface area contributed by atoms with Crippen molar-refractivity contribution in [2.45, 2.75) is 17.2 Å². The first-order valence-corrected chi connectivity index (χ1v) is 14.3. The highest BCUT2D eigenvalue weighted by atomic mass is 32.2. The van der Waals surface area contributed by atoms with Crippen molar-refractivity contribution in [3.63, 3.8) is 0 Å². The topological polar surface area (TPSA) is 164 Å². The monoisotopic (exact) mass is 541 g/mol. The number of nitrogens with one attached hydrogen (secondary N) is 3. The number of rotatable bonds is 12. The molecule has 35 heavy (non-hydrogen) atoms. The Bertz CT molecular complexity index is 1420. The van der Waals surface area contributed by atoms with Crippen LogP contribution in [0.3, 0.4) is 0 Å². The van der Waals surface area contributed by atoms with Gasteiger partial charge in [-0.2, -0.15) is 14.5 Å². The Labute approximate surface area is 205 Å². The van der Waals surface area contributed by atoms with E-state index in [4.69, 9.17) is 24.8 Å². The molecule has 1 unspecified atom stereocenters. The van der Waals surface area contributed by atoms with Crippen LogP contribution in [0.2, 0.25) is 0 Å². The van der Waals surface area contributed by atoms with Crippen LogP contribution in [-0.2, 0) is 14.6 Å². The Morgan fingerprint density at radius 1 is 1.29 bits per heavy atom. The molecule has 3 aromatic rings. The van der Waals surface area contributed by atoms with Crippen molar-refractivity contribution in [2.75, 3.05) is 19.4 Å². The van der Waals surface area contributed by atoms with Gasteiger partial charge in [-0.25, -0.2) is 12.8 Å². The lowest BCUT2D eigenvalue weighted by molar-refractivity contribution is 0.313. The largest absolute Gasteiger partial charge is 0.540 e. The zero-order chi connectivity index (χ0) is 25.6. The van der Waals surface area contributed by atoms with Crippen molar-refractivity contribution in [2.24, 2.45) is 0 Å². The van der Waals surface area contributed by atoms with Crippen molar-refractivity contribution in [1.29, 1.82) is 10.7 Å². The molecule has 10 nitrogen and oxygen atoms in total. The van der Waals surface area contributed by atoms with Gasteiger partial charge in [0.15, 0.2) is 6.29 Å². The molecule has 0 fully saturated rings. The Morgan fingerprint density at radius 2 is 2.03 bits per heavy atom. The second kappa shape index (κ2) is 11.3. The zero-order valence-corrected chi connectivity index (χ0v) is 21.0. The maximum Gasteiger partial charge on any atom is 0.540 e. The van der Waals surface area contributed by atoms with Crippen LogP contribution in [0.5, 0.6) is 11.5 Å². The van der Waals surface area contributed by atoms with Crippen molar-refractivity contribution in [3.8, 4) is 17.6 Å². The van der Waals surface area contributed by atoms with Crippen LogP contribution in [-0.4, -0.2) is 45.0 Å². The van der Waals surface area contributed by atoms with Crippen LogP contribution >= 0.6 is 18.9 Å². The summed E-state index contributed by atoms with van der Waals surface area (Å²) in [6.45, 7) is 2.74. The predicted octanol–water partition coefficient (Wildman–Crippen LogP) is 3.15. The molecule has 0 radical (unpaired) electrons. The van der Waals surface area contributed by atoms with E-state index in [1.807, 2.05) is 6.92 Å². The molecule has 1 aromatic heterocycles. The molecule has 0 aliphatic carbocycles. The van der Waals surface area contributed by atoms with E-state index in [0.29, 0.717) is 29.0 Å². The third kappa shape index (κ3) is 7.32. The molecule has 0 amide bonds. The summed E-state index contributed by atoms with van der Waals surface area (Å²) in [4.78, 5) is 7.82. The van der Waals surface area contributed by atoms with E-state index in [9.17, 15) is 17.4 Å². The van der Waals surface area contributed by atoms with Crippen LogP contribution in [0.1, 0.15) is 12.5 Å². The molecule has 2 atom stereocenters. The van der Waals surface area contributed by atoms with Crippen LogP contribution in [0.4, 0.5) is 4.39 Å². The highest BCUT2D eigenvalue weighted by Gasteiger charge is 2.32. The quantitative estimate of drug-likeness (QED) is 0.137. The van der Waals surface area contributed by atoms with Gasteiger partial charge in [0.2, 0.25) is 0 Å². The minimum Gasteiger partial charge on any atom is -0.492 e. The lowest BCUT2D eigenvalue weighted by atomic mass is 10.2. The second-order valence-corrected chi connectivity index (χ2v) is 12.3. The molecule has 0 saturated carbocycles. The molecule has 0 bridgehead atoms. The maximum atomic E-state index is 13.7. The van der Waals surface area contributed by atoms with Crippen molar-refractivity contribution in [1.82, 2.24) is 10.0 Å². The second-order valence-electron chi connectivity index (χ2n) is 7.35. The fourth-order valence-corrected chi connectivity index (χ4v) is 6.78. The summed E-state index contributed by atoms with van der Waals surface area (Å²) in [7, 11) is -8.37. The third-order valence-electron chi connectivity index (χ3n) is 4.59. The van der Waals surface area contributed by atoms with E-state index in [2.05, 4.69) is 10.0 Å². The molecule has 0 aliphatic rings. The van der Waals surface area contributed by atoms with E-state index >= 15 is 0 Å². The fraction of sp³-hybridized carbons (Fsp3) is 0.238. The van der Waals surface area contributed by atoms with Gasteiger partial charge in [0, 0.05) is 29.6 Å². The number of fused-ring (bicyclic) bond motifs is 1. The summed E-state index contributed by atoms with van der Waals surface area (Å²) in [6, 6.07) is 11.2. The molecule has 0 spiro atoms. The number of thiophene rings is 1. The number of hydrogen-bond donors (Lipinski definition) is 3. The van der Waals surface area contributed by atoms with E-state index < -0.39 is 29.7 Å². The lowest BCUT2D eigenvalue weighted by Crippen LogP contribution is -2.30. The fourth-order valence-electron chi connectivity index (χ4n) is 2.82. The van der Waals surface area contributed by atoms with E-state index in [1.165, 1.54) is 18.3 Å². The SMILES string of the molecule is C[C@@H](C=N)NCCOc1ccc2sc(S(=O)(=O)NCP(=O)([OH2+])Oc3ccc(C#N)c(F)c3)cc2c1. The number of nitrogens with zero attached hydrogens (tertiary/aromatic N) is 1. The predicted molar refractivity (Wildman–Crippen MR) is 132 cm³/mol. The molecule has 1 heterocycles. The average molecular weight is 542 g/mol. The van der Waals surface area contributed by atoms with Gasteiger partial charge in [-0.15, -0.1) is 11.3 Å². The van der Waals surface area contributed by atoms with Gasteiger partial charge < -0.3 is 24.9 Å². The Morgan fingerprint density at radius 3 is 2.71 bits per heavy atom. The highest BCUT2D eigenvalue weighted by Crippen LogP contribution is 2.42. The molecule has 0 saturated heterocycles. The highest BCUT2D eigenvalue weighted by molar-refractivity contribution is 7.92. The van der Waals surface area contributed by atoms with Gasteiger partial charge in [-0.05, 0) is 48.7 Å². The number of hydrogen-bond acceptors (Lipinski definition) is 9. The van der Waals surface area contributed by atoms with Crippen molar-refractivity contribution < 1.29 is 31.5 Å². The summed E-state index contributed by atoms with van der Waals surface area (Å²) < 4.78 is 64.9. The van der Waals surface area contributed by atoms with Crippen LogP contribution in [0.15, 0.2) is 46.7 Å². The average Bonchev–Trinajstić information content (AvgIpc) is 3.25. The Kier molecular flexibility index (Phi) is 8.60. The number of sulfonamides is 1. The number of halogens is 1. The lowest BCUT2D eigenvalue weighted by Gasteiger charge is -2.10. The van der Waals surface area contributed by atoms with E-state index in [0.717, 1.165) is 23.5 Å². The molecule has 3 rings (SSSR count).